The number of nitrogens with zero attached hydrogens (tertiary/aromatic N) is 1. The maximum atomic E-state index is 12.1. The molecule has 1 unspecified atom stereocenters. The highest BCUT2D eigenvalue weighted by Gasteiger charge is 2.24. The second-order valence-electron chi connectivity index (χ2n) is 6.94. The Morgan fingerprint density at radius 1 is 1.15 bits per heavy atom. The van der Waals surface area contributed by atoms with Crippen LogP contribution in [0.2, 0.25) is 0 Å². The summed E-state index contributed by atoms with van der Waals surface area (Å²) in [5.74, 6) is -0.218. The Balaban J connectivity index is 1.89. The van der Waals surface area contributed by atoms with Gasteiger partial charge in [-0.3, -0.25) is 14.9 Å². The van der Waals surface area contributed by atoms with Crippen LogP contribution in [-0.2, 0) is 10.2 Å². The molecule has 0 fully saturated rings. The fourth-order valence-corrected chi connectivity index (χ4v) is 3.01. The van der Waals surface area contributed by atoms with Gasteiger partial charge in [-0.25, -0.2) is 0 Å². The van der Waals surface area contributed by atoms with Gasteiger partial charge in [-0.15, -0.1) is 0 Å². The lowest BCUT2D eigenvalue weighted by Crippen LogP contribution is -2.39. The number of nitro benzene ring substituents is 1. The van der Waals surface area contributed by atoms with Crippen LogP contribution in [0.25, 0.3) is 0 Å². The second kappa shape index (κ2) is 8.47. The lowest BCUT2D eigenvalue weighted by Gasteiger charge is -2.29. The summed E-state index contributed by atoms with van der Waals surface area (Å²) in [5.41, 5.74) is 0.961. The quantitative estimate of drug-likeness (QED) is 0.575. The van der Waals surface area contributed by atoms with Crippen LogP contribution < -0.4 is 10.1 Å². The fourth-order valence-electron chi connectivity index (χ4n) is 3.01. The maximum absolute atomic E-state index is 12.1. The summed E-state index contributed by atoms with van der Waals surface area (Å²) in [7, 11) is 0. The number of para-hydroxylation sites is 2. The van der Waals surface area contributed by atoms with Crippen LogP contribution in [0.5, 0.6) is 5.75 Å². The summed E-state index contributed by atoms with van der Waals surface area (Å²) in [6.45, 7) is 5.94. The molecule has 0 saturated carbocycles. The molecular formula is C20H24N2O4. The molecule has 0 bridgehead atoms. The zero-order valence-corrected chi connectivity index (χ0v) is 15.3. The van der Waals surface area contributed by atoms with Crippen LogP contribution in [0.3, 0.4) is 0 Å². The predicted molar refractivity (Wildman–Crippen MR) is 100 cm³/mol. The van der Waals surface area contributed by atoms with Crippen molar-refractivity contribution in [2.45, 2.75) is 38.6 Å². The number of amides is 1. The molecule has 0 saturated heterocycles. The Labute approximate surface area is 153 Å². The third-order valence-electron chi connectivity index (χ3n) is 4.20. The fraction of sp³-hybridized carbons (Fsp3) is 0.350. The molecule has 0 heterocycles. The third kappa shape index (κ3) is 5.31. The SMILES string of the molecule is CC(CC(C)(C)c1ccccc1)NC(=O)COc1ccccc1[N+](=O)[O-]. The number of nitrogens with one attached hydrogen (secondary N) is 1. The molecule has 2 aromatic rings. The van der Waals surface area contributed by atoms with Gasteiger partial charge in [0.05, 0.1) is 4.92 Å². The Hall–Kier alpha value is -2.89. The highest BCUT2D eigenvalue weighted by atomic mass is 16.6. The summed E-state index contributed by atoms with van der Waals surface area (Å²) < 4.78 is 5.32. The molecule has 1 atom stereocenters. The van der Waals surface area contributed by atoms with Crippen LogP contribution in [-0.4, -0.2) is 23.5 Å². The molecular weight excluding hydrogens is 332 g/mol. The zero-order valence-electron chi connectivity index (χ0n) is 15.3. The van der Waals surface area contributed by atoms with Gasteiger partial charge in [0.1, 0.15) is 0 Å². The van der Waals surface area contributed by atoms with E-state index in [1.807, 2.05) is 25.1 Å². The number of rotatable bonds is 8. The molecule has 0 radical (unpaired) electrons. The van der Waals surface area contributed by atoms with Crippen LogP contribution in [0, 0.1) is 10.1 Å². The molecule has 2 rings (SSSR count). The number of benzene rings is 2. The van der Waals surface area contributed by atoms with Crippen LogP contribution in [0.15, 0.2) is 54.6 Å². The molecule has 1 N–H and O–H groups in total. The largest absolute Gasteiger partial charge is 0.477 e. The van der Waals surface area contributed by atoms with E-state index in [4.69, 9.17) is 4.74 Å². The number of ether oxygens (including phenoxy) is 1. The van der Waals surface area contributed by atoms with Crippen molar-refractivity contribution in [2.75, 3.05) is 6.61 Å². The molecule has 26 heavy (non-hydrogen) atoms. The van der Waals surface area contributed by atoms with E-state index in [0.717, 1.165) is 6.42 Å². The van der Waals surface area contributed by atoms with Crippen molar-refractivity contribution < 1.29 is 14.5 Å². The average molecular weight is 356 g/mol. The lowest BCUT2D eigenvalue weighted by molar-refractivity contribution is -0.385. The molecule has 0 aliphatic heterocycles. The molecule has 0 aliphatic carbocycles. The van der Waals surface area contributed by atoms with Gasteiger partial charge in [-0.2, -0.15) is 0 Å². The van der Waals surface area contributed by atoms with Crippen LogP contribution >= 0.6 is 0 Å². The van der Waals surface area contributed by atoms with E-state index < -0.39 is 4.92 Å². The highest BCUT2D eigenvalue weighted by molar-refractivity contribution is 5.78. The Morgan fingerprint density at radius 3 is 2.42 bits per heavy atom. The lowest BCUT2D eigenvalue weighted by atomic mass is 9.79. The molecule has 138 valence electrons. The summed E-state index contributed by atoms with van der Waals surface area (Å²) in [6.07, 6.45) is 0.758. The molecule has 1 amide bonds. The van der Waals surface area contributed by atoms with Crippen molar-refractivity contribution in [3.05, 3.63) is 70.3 Å². The highest BCUT2D eigenvalue weighted by Crippen LogP contribution is 2.28. The summed E-state index contributed by atoms with van der Waals surface area (Å²) in [4.78, 5) is 22.6. The smallest absolute Gasteiger partial charge is 0.310 e. The average Bonchev–Trinajstić information content (AvgIpc) is 2.60. The van der Waals surface area contributed by atoms with Crippen molar-refractivity contribution in [2.24, 2.45) is 0 Å². The third-order valence-corrected chi connectivity index (χ3v) is 4.20. The predicted octanol–water partition coefficient (Wildman–Crippen LogP) is 3.85. The van der Waals surface area contributed by atoms with Gasteiger partial charge in [-0.05, 0) is 30.4 Å². The molecule has 6 heteroatoms. The van der Waals surface area contributed by atoms with Crippen LogP contribution in [0.1, 0.15) is 32.8 Å². The van der Waals surface area contributed by atoms with E-state index in [0.29, 0.717) is 0 Å². The van der Waals surface area contributed by atoms with Gasteiger partial charge < -0.3 is 10.1 Å². The minimum Gasteiger partial charge on any atom is -0.477 e. The van der Waals surface area contributed by atoms with Crippen molar-refractivity contribution >= 4 is 11.6 Å². The number of carbonyl (C=O) groups excluding carboxylic acids is 1. The Kier molecular flexibility index (Phi) is 6.33. The molecule has 2 aromatic carbocycles. The first kappa shape index (κ1) is 19.4. The van der Waals surface area contributed by atoms with Gasteiger partial charge in [0, 0.05) is 12.1 Å². The number of hydrogen-bond donors (Lipinski definition) is 1. The van der Waals surface area contributed by atoms with E-state index >= 15 is 0 Å². The number of nitro groups is 1. The normalized spacial score (nSPS) is 12.3. The molecule has 0 aliphatic rings. The van der Waals surface area contributed by atoms with Gasteiger partial charge in [0.2, 0.25) is 0 Å². The van der Waals surface area contributed by atoms with E-state index in [1.165, 1.54) is 17.7 Å². The van der Waals surface area contributed by atoms with Crippen LogP contribution in [0.4, 0.5) is 5.69 Å². The standard InChI is InChI=1S/C20H24N2O4/c1-15(13-20(2,3)16-9-5-4-6-10-16)21-19(23)14-26-18-12-8-7-11-17(18)22(24)25/h4-12,15H,13-14H2,1-3H3,(H,21,23). The summed E-state index contributed by atoms with van der Waals surface area (Å²) in [5, 5.41) is 13.9. The van der Waals surface area contributed by atoms with Crippen molar-refractivity contribution in [1.29, 1.82) is 0 Å². The molecule has 6 nitrogen and oxygen atoms in total. The number of hydrogen-bond acceptors (Lipinski definition) is 4. The van der Waals surface area contributed by atoms with E-state index in [2.05, 4.69) is 31.3 Å². The number of carbonyl (C=O) groups is 1. The first-order valence-corrected chi connectivity index (χ1v) is 8.51. The summed E-state index contributed by atoms with van der Waals surface area (Å²) >= 11 is 0. The van der Waals surface area contributed by atoms with Gasteiger partial charge in [0.15, 0.2) is 12.4 Å². The monoisotopic (exact) mass is 356 g/mol. The first-order chi connectivity index (χ1) is 12.3. The van der Waals surface area contributed by atoms with E-state index in [9.17, 15) is 14.9 Å². The van der Waals surface area contributed by atoms with Gasteiger partial charge >= 0.3 is 5.69 Å². The maximum Gasteiger partial charge on any atom is 0.310 e. The van der Waals surface area contributed by atoms with Crippen molar-refractivity contribution in [3.63, 3.8) is 0 Å². The second-order valence-corrected chi connectivity index (χ2v) is 6.94. The molecule has 0 spiro atoms. The van der Waals surface area contributed by atoms with Gasteiger partial charge in [0.25, 0.3) is 5.91 Å². The van der Waals surface area contributed by atoms with E-state index in [1.54, 1.807) is 12.1 Å². The summed E-state index contributed by atoms with van der Waals surface area (Å²) in [6, 6.07) is 16.1. The minimum absolute atomic E-state index is 0.0629. The zero-order chi connectivity index (χ0) is 19.2. The topological polar surface area (TPSA) is 81.5 Å². The Morgan fingerprint density at radius 2 is 1.77 bits per heavy atom. The molecule has 0 aromatic heterocycles. The van der Waals surface area contributed by atoms with E-state index in [-0.39, 0.29) is 35.4 Å². The van der Waals surface area contributed by atoms with Crippen molar-refractivity contribution in [3.8, 4) is 5.75 Å². The first-order valence-electron chi connectivity index (χ1n) is 8.51. The Bertz CT molecular complexity index is 759. The minimum atomic E-state index is -0.530. The van der Waals surface area contributed by atoms with Crippen molar-refractivity contribution in [1.82, 2.24) is 5.32 Å². The van der Waals surface area contributed by atoms with Gasteiger partial charge in [-0.1, -0.05) is 56.3 Å².